The number of hydrogen-bond acceptors (Lipinski definition) is 5. The third-order valence-electron chi connectivity index (χ3n) is 6.45. The van der Waals surface area contributed by atoms with Crippen LogP contribution in [0.15, 0.2) is 36.4 Å². The summed E-state index contributed by atoms with van der Waals surface area (Å²) in [6.45, 7) is 1.04. The Morgan fingerprint density at radius 1 is 1.03 bits per heavy atom. The number of likely N-dealkylation sites (tertiary alicyclic amines) is 1. The van der Waals surface area contributed by atoms with E-state index in [-0.39, 0.29) is 24.0 Å². The van der Waals surface area contributed by atoms with Gasteiger partial charge in [0.2, 0.25) is 5.91 Å². The molecule has 0 spiro atoms. The number of nitrogens with zero attached hydrogens (tertiary/aromatic N) is 1. The molecule has 2 aromatic rings. The van der Waals surface area contributed by atoms with Gasteiger partial charge in [-0.3, -0.25) is 9.69 Å². The molecule has 3 rings (SSSR count). The zero-order valence-electron chi connectivity index (χ0n) is 20.3. The third kappa shape index (κ3) is 7.07. The van der Waals surface area contributed by atoms with Crippen LogP contribution in [0.2, 0.25) is 0 Å². The van der Waals surface area contributed by atoms with Crippen LogP contribution in [0.5, 0.6) is 11.5 Å². The number of phenolic OH excluding ortho intramolecular Hbond substituents is 1. The van der Waals surface area contributed by atoms with Crippen LogP contribution < -0.4 is 10.1 Å². The van der Waals surface area contributed by atoms with Crippen molar-refractivity contribution in [3.8, 4) is 11.5 Å². The number of amides is 1. The molecule has 2 N–H and O–H groups in total. The van der Waals surface area contributed by atoms with Gasteiger partial charge >= 0.3 is 12.4 Å². The lowest BCUT2D eigenvalue weighted by molar-refractivity contribution is -0.143. The van der Waals surface area contributed by atoms with Crippen molar-refractivity contribution in [2.24, 2.45) is 5.41 Å². The van der Waals surface area contributed by atoms with E-state index in [1.54, 1.807) is 12.1 Å². The number of benzene rings is 2. The van der Waals surface area contributed by atoms with Gasteiger partial charge in [0.25, 0.3) is 0 Å². The fraction of sp³-hybridized carbons (Fsp3) is 0.480. The Morgan fingerprint density at radius 3 is 2.24 bits per heavy atom. The van der Waals surface area contributed by atoms with Crippen molar-refractivity contribution < 1.29 is 45.7 Å². The summed E-state index contributed by atoms with van der Waals surface area (Å²) < 4.78 is 89.3. The van der Waals surface area contributed by atoms with Crippen molar-refractivity contribution in [2.45, 2.75) is 38.3 Å². The molecule has 0 bridgehead atoms. The summed E-state index contributed by atoms with van der Waals surface area (Å²) in [4.78, 5) is 15.3. The molecule has 2 aromatic carbocycles. The zero-order chi connectivity index (χ0) is 27.4. The summed E-state index contributed by atoms with van der Waals surface area (Å²) in [5.41, 5.74) is -3.27. The summed E-state index contributed by atoms with van der Waals surface area (Å²) in [6, 6.07) is 6.17. The van der Waals surface area contributed by atoms with E-state index in [2.05, 4.69) is 5.32 Å². The van der Waals surface area contributed by atoms with E-state index in [4.69, 9.17) is 9.47 Å². The number of hydrogen-bond donors (Lipinski definition) is 2. The summed E-state index contributed by atoms with van der Waals surface area (Å²) in [5.74, 6) is -0.175. The van der Waals surface area contributed by atoms with E-state index < -0.39 is 41.3 Å². The first-order valence-corrected chi connectivity index (χ1v) is 11.4. The molecule has 0 aromatic heterocycles. The lowest BCUT2D eigenvalue weighted by Crippen LogP contribution is -2.43. The van der Waals surface area contributed by atoms with Crippen LogP contribution in [0.3, 0.4) is 0 Å². The number of methoxy groups -OCH3 is 2. The Morgan fingerprint density at radius 2 is 1.68 bits per heavy atom. The Hall–Kier alpha value is -2.99. The molecule has 6 nitrogen and oxygen atoms in total. The van der Waals surface area contributed by atoms with Gasteiger partial charge in [-0.15, -0.1) is 0 Å². The van der Waals surface area contributed by atoms with Crippen LogP contribution in [-0.4, -0.2) is 49.8 Å². The minimum atomic E-state index is -4.97. The number of carbonyl (C=O) groups is 1. The number of aromatic hydroxyl groups is 1. The molecule has 204 valence electrons. The minimum absolute atomic E-state index is 0.00948. The van der Waals surface area contributed by atoms with Crippen LogP contribution in [0.25, 0.3) is 0 Å². The van der Waals surface area contributed by atoms with E-state index >= 15 is 0 Å². The van der Waals surface area contributed by atoms with Crippen LogP contribution in [0.4, 0.5) is 26.3 Å². The largest absolute Gasteiger partial charge is 0.504 e. The van der Waals surface area contributed by atoms with Gasteiger partial charge in [0.1, 0.15) is 0 Å². The standard InChI is InChI=1S/C25H28F6N2O4/c1-36-8-6-23(5-7-33(15-23)14-16-3-4-20(34)21(11-16)37-2)22(35)32-13-17-9-18(24(26,27)28)12-19(10-17)25(29,30)31/h3-4,9-12,34H,5-8,13-15H2,1-2H3,(H,32,35). The quantitative estimate of drug-likeness (QED) is 0.444. The van der Waals surface area contributed by atoms with Gasteiger partial charge in [0, 0.05) is 33.4 Å². The second-order valence-corrected chi connectivity index (χ2v) is 9.09. The van der Waals surface area contributed by atoms with Crippen LogP contribution in [-0.2, 0) is 35.0 Å². The second kappa shape index (κ2) is 11.2. The molecule has 1 saturated heterocycles. The summed E-state index contributed by atoms with van der Waals surface area (Å²) in [5, 5.41) is 12.3. The molecule has 0 radical (unpaired) electrons. The van der Waals surface area contributed by atoms with Crippen molar-refractivity contribution >= 4 is 5.91 Å². The molecule has 1 amide bonds. The molecular weight excluding hydrogens is 506 g/mol. The Balaban J connectivity index is 1.76. The van der Waals surface area contributed by atoms with Gasteiger partial charge in [0.05, 0.1) is 23.7 Å². The fourth-order valence-corrected chi connectivity index (χ4v) is 4.46. The molecule has 1 heterocycles. The van der Waals surface area contributed by atoms with E-state index in [9.17, 15) is 36.2 Å². The van der Waals surface area contributed by atoms with E-state index in [0.717, 1.165) is 5.56 Å². The topological polar surface area (TPSA) is 71.0 Å². The van der Waals surface area contributed by atoms with Gasteiger partial charge < -0.3 is 19.9 Å². The number of rotatable bonds is 9. The number of carbonyl (C=O) groups excluding carboxylic acids is 1. The average molecular weight is 534 g/mol. The lowest BCUT2D eigenvalue weighted by atomic mass is 9.82. The highest BCUT2D eigenvalue weighted by Crippen LogP contribution is 2.38. The molecule has 0 saturated carbocycles. The maximum absolute atomic E-state index is 13.3. The monoisotopic (exact) mass is 534 g/mol. The molecule has 1 atom stereocenters. The maximum atomic E-state index is 13.3. The summed E-state index contributed by atoms with van der Waals surface area (Å²) >= 11 is 0. The van der Waals surface area contributed by atoms with E-state index in [1.807, 2.05) is 4.90 Å². The number of alkyl halides is 6. The highest BCUT2D eigenvalue weighted by Gasteiger charge is 2.44. The SMILES string of the molecule is COCCC1(C(=O)NCc2cc(C(F)(F)F)cc(C(F)(F)F)c2)CCN(Cc2ccc(O)c(OC)c2)C1. The Bertz CT molecular complexity index is 1070. The molecule has 1 unspecified atom stereocenters. The van der Waals surface area contributed by atoms with Crippen LogP contribution >= 0.6 is 0 Å². The van der Waals surface area contributed by atoms with Gasteiger partial charge in [0.15, 0.2) is 11.5 Å². The minimum Gasteiger partial charge on any atom is -0.504 e. The first kappa shape index (κ1) is 28.6. The second-order valence-electron chi connectivity index (χ2n) is 9.09. The molecule has 37 heavy (non-hydrogen) atoms. The molecule has 0 aliphatic carbocycles. The first-order chi connectivity index (χ1) is 17.3. The predicted octanol–water partition coefficient (Wildman–Crippen LogP) is 4.98. The normalized spacial score (nSPS) is 18.7. The zero-order valence-corrected chi connectivity index (χ0v) is 20.3. The fourth-order valence-electron chi connectivity index (χ4n) is 4.46. The highest BCUT2D eigenvalue weighted by atomic mass is 19.4. The van der Waals surface area contributed by atoms with Gasteiger partial charge in [-0.1, -0.05) is 6.07 Å². The third-order valence-corrected chi connectivity index (χ3v) is 6.45. The Kier molecular flexibility index (Phi) is 8.63. The van der Waals surface area contributed by atoms with Crippen LogP contribution in [0, 0.1) is 5.41 Å². The predicted molar refractivity (Wildman–Crippen MR) is 122 cm³/mol. The van der Waals surface area contributed by atoms with E-state index in [1.165, 1.54) is 20.3 Å². The van der Waals surface area contributed by atoms with Crippen molar-refractivity contribution in [1.82, 2.24) is 10.2 Å². The summed E-state index contributed by atoms with van der Waals surface area (Å²) in [7, 11) is 2.90. The van der Waals surface area contributed by atoms with Crippen molar-refractivity contribution in [3.05, 3.63) is 58.7 Å². The molecule has 1 fully saturated rings. The number of halogens is 6. The summed E-state index contributed by atoms with van der Waals surface area (Å²) in [6.07, 6.45) is -9.19. The van der Waals surface area contributed by atoms with Crippen LogP contribution in [0.1, 0.15) is 35.1 Å². The van der Waals surface area contributed by atoms with Gasteiger partial charge in [-0.05, 0) is 60.8 Å². The lowest BCUT2D eigenvalue weighted by Gasteiger charge is -2.28. The average Bonchev–Trinajstić information content (AvgIpc) is 3.25. The van der Waals surface area contributed by atoms with E-state index in [0.29, 0.717) is 50.4 Å². The molecule has 12 heteroatoms. The van der Waals surface area contributed by atoms with Gasteiger partial charge in [-0.2, -0.15) is 26.3 Å². The Labute approximate surface area is 210 Å². The number of ether oxygens (including phenoxy) is 2. The molecule has 1 aliphatic heterocycles. The van der Waals surface area contributed by atoms with Crippen molar-refractivity contribution in [1.29, 1.82) is 0 Å². The highest BCUT2D eigenvalue weighted by molar-refractivity contribution is 5.83. The molecular formula is C25H28F6N2O4. The smallest absolute Gasteiger partial charge is 0.416 e. The molecule has 1 aliphatic rings. The number of phenols is 1. The van der Waals surface area contributed by atoms with Gasteiger partial charge in [-0.25, -0.2) is 0 Å². The van der Waals surface area contributed by atoms with Crippen molar-refractivity contribution in [3.63, 3.8) is 0 Å². The first-order valence-electron chi connectivity index (χ1n) is 11.4. The van der Waals surface area contributed by atoms with Crippen molar-refractivity contribution in [2.75, 3.05) is 33.9 Å². The number of nitrogens with one attached hydrogen (secondary N) is 1. The maximum Gasteiger partial charge on any atom is 0.416 e.